The number of nitrogens with zero attached hydrogens (tertiary/aromatic N) is 2. The summed E-state index contributed by atoms with van der Waals surface area (Å²) in [5.74, 6) is 0.315. The van der Waals surface area contributed by atoms with Crippen LogP contribution in [0.15, 0.2) is 71.6 Å². The van der Waals surface area contributed by atoms with Crippen LogP contribution in [0.25, 0.3) is 0 Å². The van der Waals surface area contributed by atoms with E-state index in [1.807, 2.05) is 31.2 Å². The molecule has 0 bridgehead atoms. The van der Waals surface area contributed by atoms with Crippen molar-refractivity contribution in [1.82, 2.24) is 9.21 Å². The lowest BCUT2D eigenvalue weighted by atomic mass is 10.1. The molecule has 0 aliphatic carbocycles. The van der Waals surface area contributed by atoms with E-state index in [2.05, 4.69) is 10.2 Å². The van der Waals surface area contributed by atoms with Crippen LogP contribution in [0, 0.1) is 6.92 Å². The molecule has 0 radical (unpaired) electrons. The number of methoxy groups -OCH3 is 1. The van der Waals surface area contributed by atoms with E-state index in [1.165, 1.54) is 7.11 Å². The first kappa shape index (κ1) is 25.2. The maximum Gasteiger partial charge on any atom is 0.255 e. The number of hydrogen-bond acceptors (Lipinski definition) is 5. The van der Waals surface area contributed by atoms with Crippen LogP contribution >= 0.6 is 11.6 Å². The Labute approximate surface area is 211 Å². The van der Waals surface area contributed by atoms with Gasteiger partial charge in [0.05, 0.1) is 17.0 Å². The molecule has 4 rings (SSSR count). The second-order valence-electron chi connectivity index (χ2n) is 8.49. The maximum atomic E-state index is 12.9. The van der Waals surface area contributed by atoms with Crippen molar-refractivity contribution >= 4 is 33.2 Å². The summed E-state index contributed by atoms with van der Waals surface area (Å²) in [5.41, 5.74) is 3.21. The van der Waals surface area contributed by atoms with Gasteiger partial charge in [-0.1, -0.05) is 41.4 Å². The highest BCUT2D eigenvalue weighted by atomic mass is 35.5. The van der Waals surface area contributed by atoms with E-state index in [0.29, 0.717) is 59.6 Å². The molecule has 1 amide bonds. The number of carbonyl (C=O) groups excluding carboxylic acids is 1. The van der Waals surface area contributed by atoms with E-state index < -0.39 is 10.0 Å². The number of aryl methyl sites for hydroxylation is 1. The van der Waals surface area contributed by atoms with E-state index in [4.69, 9.17) is 16.3 Å². The average molecular weight is 514 g/mol. The highest BCUT2D eigenvalue weighted by molar-refractivity contribution is 7.89. The number of sulfonamides is 1. The number of benzene rings is 3. The molecule has 1 heterocycles. The van der Waals surface area contributed by atoms with E-state index in [-0.39, 0.29) is 5.91 Å². The number of amides is 1. The molecule has 184 valence electrons. The van der Waals surface area contributed by atoms with Crippen LogP contribution in [-0.2, 0) is 16.6 Å². The molecule has 1 saturated heterocycles. The predicted molar refractivity (Wildman–Crippen MR) is 138 cm³/mol. The van der Waals surface area contributed by atoms with Crippen molar-refractivity contribution in [2.45, 2.75) is 18.4 Å². The summed E-state index contributed by atoms with van der Waals surface area (Å²) in [4.78, 5) is 15.1. The predicted octanol–water partition coefficient (Wildman–Crippen LogP) is 4.42. The van der Waals surface area contributed by atoms with Gasteiger partial charge < -0.3 is 10.1 Å². The van der Waals surface area contributed by atoms with Gasteiger partial charge in [-0.25, -0.2) is 8.42 Å². The minimum Gasteiger partial charge on any atom is -0.495 e. The summed E-state index contributed by atoms with van der Waals surface area (Å²) in [6, 6.07) is 19.5. The van der Waals surface area contributed by atoms with Gasteiger partial charge in [-0.05, 0) is 55.0 Å². The summed E-state index contributed by atoms with van der Waals surface area (Å²) in [6.45, 7) is 4.80. The largest absolute Gasteiger partial charge is 0.495 e. The molecular weight excluding hydrogens is 486 g/mol. The number of hydrogen-bond donors (Lipinski definition) is 1. The van der Waals surface area contributed by atoms with Crippen molar-refractivity contribution < 1.29 is 17.9 Å². The van der Waals surface area contributed by atoms with Crippen LogP contribution in [0.5, 0.6) is 5.75 Å². The lowest BCUT2D eigenvalue weighted by Gasteiger charge is -2.34. The summed E-state index contributed by atoms with van der Waals surface area (Å²) in [5, 5.41) is 3.26. The fraction of sp³-hybridized carbons (Fsp3) is 0.269. The van der Waals surface area contributed by atoms with Gasteiger partial charge in [0.2, 0.25) is 10.0 Å². The van der Waals surface area contributed by atoms with Gasteiger partial charge >= 0.3 is 0 Å². The second kappa shape index (κ2) is 10.8. The zero-order valence-electron chi connectivity index (χ0n) is 19.7. The molecule has 0 atom stereocenters. The summed E-state index contributed by atoms with van der Waals surface area (Å²) < 4.78 is 32.5. The van der Waals surface area contributed by atoms with E-state index in [9.17, 15) is 13.2 Å². The molecule has 1 fully saturated rings. The molecule has 0 aromatic heterocycles. The van der Waals surface area contributed by atoms with Crippen LogP contribution in [0.2, 0.25) is 5.02 Å². The van der Waals surface area contributed by atoms with Crippen LogP contribution in [0.3, 0.4) is 0 Å². The van der Waals surface area contributed by atoms with E-state index in [1.54, 1.807) is 46.8 Å². The monoisotopic (exact) mass is 513 g/mol. The smallest absolute Gasteiger partial charge is 0.255 e. The molecule has 1 N–H and O–H groups in total. The number of anilines is 1. The number of nitrogens with one attached hydrogen (secondary N) is 1. The Morgan fingerprint density at radius 3 is 2.23 bits per heavy atom. The number of ether oxygens (including phenoxy) is 1. The van der Waals surface area contributed by atoms with Gasteiger partial charge in [0.15, 0.2) is 0 Å². The highest BCUT2D eigenvalue weighted by Crippen LogP contribution is 2.27. The second-order valence-corrected chi connectivity index (χ2v) is 10.8. The number of piperazine rings is 1. The number of carbonyl (C=O) groups is 1. The van der Waals surface area contributed by atoms with Gasteiger partial charge in [-0.3, -0.25) is 9.69 Å². The summed E-state index contributed by atoms with van der Waals surface area (Å²) in [6.07, 6.45) is 0. The highest BCUT2D eigenvalue weighted by Gasteiger charge is 2.28. The van der Waals surface area contributed by atoms with E-state index in [0.717, 1.165) is 11.1 Å². The Bertz CT molecular complexity index is 1290. The first-order valence-electron chi connectivity index (χ1n) is 11.3. The van der Waals surface area contributed by atoms with Gasteiger partial charge in [0.25, 0.3) is 5.91 Å². The Morgan fingerprint density at radius 1 is 0.971 bits per heavy atom. The quantitative estimate of drug-likeness (QED) is 0.506. The molecule has 35 heavy (non-hydrogen) atoms. The normalized spacial score (nSPS) is 15.1. The Morgan fingerprint density at radius 2 is 1.63 bits per heavy atom. The molecular formula is C26H28ClN3O4S. The third-order valence-corrected chi connectivity index (χ3v) is 8.23. The summed E-state index contributed by atoms with van der Waals surface area (Å²) >= 11 is 6.13. The number of rotatable bonds is 7. The standard InChI is InChI=1S/C26H28ClN3O4S/c1-19-3-10-23(11-4-19)35(32,33)30-15-13-29(14-16-30)18-20-5-7-21(8-6-20)26(31)28-22-9-12-25(34-2)24(27)17-22/h3-12,17H,13-16,18H2,1-2H3,(H,28,31). The van der Waals surface area contributed by atoms with Gasteiger partial charge in [-0.15, -0.1) is 0 Å². The van der Waals surface area contributed by atoms with Crippen molar-refractivity contribution in [2.24, 2.45) is 0 Å². The zero-order chi connectivity index (χ0) is 25.0. The molecule has 0 saturated carbocycles. The lowest BCUT2D eigenvalue weighted by Crippen LogP contribution is -2.48. The maximum absolute atomic E-state index is 12.9. The van der Waals surface area contributed by atoms with Crippen LogP contribution in [0.4, 0.5) is 5.69 Å². The topological polar surface area (TPSA) is 79.0 Å². The lowest BCUT2D eigenvalue weighted by molar-refractivity contribution is 0.102. The van der Waals surface area contributed by atoms with Crippen LogP contribution in [0.1, 0.15) is 21.5 Å². The van der Waals surface area contributed by atoms with Crippen LogP contribution in [-0.4, -0.2) is 56.8 Å². The molecule has 1 aliphatic rings. The van der Waals surface area contributed by atoms with Crippen molar-refractivity contribution in [2.75, 3.05) is 38.6 Å². The fourth-order valence-corrected chi connectivity index (χ4v) is 5.63. The van der Waals surface area contributed by atoms with Crippen molar-refractivity contribution in [1.29, 1.82) is 0 Å². The molecule has 9 heteroatoms. The molecule has 7 nitrogen and oxygen atoms in total. The van der Waals surface area contributed by atoms with Crippen LogP contribution < -0.4 is 10.1 Å². The van der Waals surface area contributed by atoms with Gasteiger partial charge in [0.1, 0.15) is 5.75 Å². The fourth-order valence-electron chi connectivity index (χ4n) is 3.95. The SMILES string of the molecule is COc1ccc(NC(=O)c2ccc(CN3CCN(S(=O)(=O)c4ccc(C)cc4)CC3)cc2)cc1Cl. The molecule has 3 aromatic rings. The third-order valence-electron chi connectivity index (χ3n) is 6.02. The van der Waals surface area contributed by atoms with Crippen molar-refractivity contribution in [3.63, 3.8) is 0 Å². The van der Waals surface area contributed by atoms with E-state index >= 15 is 0 Å². The molecule has 3 aromatic carbocycles. The number of halogens is 1. The average Bonchev–Trinajstić information content (AvgIpc) is 2.85. The summed E-state index contributed by atoms with van der Waals surface area (Å²) in [7, 11) is -1.94. The molecule has 0 unspecified atom stereocenters. The van der Waals surface area contributed by atoms with Gasteiger partial charge in [-0.2, -0.15) is 4.31 Å². The first-order chi connectivity index (χ1) is 16.8. The molecule has 1 aliphatic heterocycles. The Balaban J connectivity index is 1.31. The minimum absolute atomic E-state index is 0.229. The third kappa shape index (κ3) is 6.02. The van der Waals surface area contributed by atoms with Crippen molar-refractivity contribution in [3.05, 3.63) is 88.4 Å². The Kier molecular flexibility index (Phi) is 7.76. The van der Waals surface area contributed by atoms with Crippen molar-refractivity contribution in [3.8, 4) is 5.75 Å². The molecule has 0 spiro atoms. The minimum atomic E-state index is -3.48. The van der Waals surface area contributed by atoms with Gasteiger partial charge in [0, 0.05) is 44.0 Å². The first-order valence-corrected chi connectivity index (χ1v) is 13.1. The Hall–Kier alpha value is -2.91. The zero-order valence-corrected chi connectivity index (χ0v) is 21.3.